The van der Waals surface area contributed by atoms with Crippen LogP contribution < -0.4 is 10.5 Å². The van der Waals surface area contributed by atoms with Gasteiger partial charge in [0.15, 0.2) is 0 Å². The summed E-state index contributed by atoms with van der Waals surface area (Å²) in [6.07, 6.45) is 0. The Morgan fingerprint density at radius 1 is 1.59 bits per heavy atom. The molecule has 0 saturated heterocycles. The molecule has 1 aromatic carbocycles. The van der Waals surface area contributed by atoms with Gasteiger partial charge in [0.25, 0.3) is 0 Å². The Kier molecular flexibility index (Phi) is 4.55. The molecule has 1 unspecified atom stereocenters. The first-order chi connectivity index (χ1) is 7.83. The highest BCUT2D eigenvalue weighted by Gasteiger charge is 2.16. The maximum Gasteiger partial charge on any atom is 0.240 e. The van der Waals surface area contributed by atoms with Crippen molar-refractivity contribution in [2.75, 3.05) is 6.54 Å². The van der Waals surface area contributed by atoms with Gasteiger partial charge in [-0.3, -0.25) is 0 Å². The molecule has 0 aliphatic carbocycles. The number of rotatable bonds is 5. The Balaban J connectivity index is 2.79. The van der Waals surface area contributed by atoms with Crippen molar-refractivity contribution in [2.24, 2.45) is 11.7 Å². The summed E-state index contributed by atoms with van der Waals surface area (Å²) in [6.45, 7) is 1.80. The summed E-state index contributed by atoms with van der Waals surface area (Å²) in [5, 5.41) is 0. The minimum absolute atomic E-state index is 0.0914. The smallest absolute Gasteiger partial charge is 0.240 e. The van der Waals surface area contributed by atoms with Crippen LogP contribution in [0.3, 0.4) is 0 Å². The van der Waals surface area contributed by atoms with Crippen LogP contribution in [-0.4, -0.2) is 20.0 Å². The van der Waals surface area contributed by atoms with Crippen LogP contribution in [0.15, 0.2) is 29.2 Å². The van der Waals surface area contributed by atoms with E-state index < -0.39 is 15.8 Å². The molecular formula is C10H13FN2O2S2. The Morgan fingerprint density at radius 2 is 2.24 bits per heavy atom. The minimum Gasteiger partial charge on any atom is -0.393 e. The average molecular weight is 276 g/mol. The van der Waals surface area contributed by atoms with Crippen LogP contribution in [0.1, 0.15) is 6.92 Å². The molecule has 0 aliphatic rings. The van der Waals surface area contributed by atoms with Crippen LogP contribution in [-0.2, 0) is 10.0 Å². The lowest BCUT2D eigenvalue weighted by atomic mass is 10.2. The van der Waals surface area contributed by atoms with E-state index in [1.807, 2.05) is 0 Å². The molecule has 0 radical (unpaired) electrons. The van der Waals surface area contributed by atoms with Crippen LogP contribution in [0.25, 0.3) is 0 Å². The SMILES string of the molecule is CC(CNS(=O)(=O)c1cccc(F)c1)C(N)=S. The molecule has 4 nitrogen and oxygen atoms in total. The van der Waals surface area contributed by atoms with Gasteiger partial charge in [0.2, 0.25) is 10.0 Å². The summed E-state index contributed by atoms with van der Waals surface area (Å²) >= 11 is 4.73. The molecule has 1 aromatic rings. The van der Waals surface area contributed by atoms with Gasteiger partial charge >= 0.3 is 0 Å². The fraction of sp³-hybridized carbons (Fsp3) is 0.300. The van der Waals surface area contributed by atoms with Gasteiger partial charge in [-0.25, -0.2) is 17.5 Å². The quantitative estimate of drug-likeness (QED) is 0.788. The number of hydrogen-bond acceptors (Lipinski definition) is 3. The van der Waals surface area contributed by atoms with E-state index in [4.69, 9.17) is 18.0 Å². The van der Waals surface area contributed by atoms with Crippen molar-refractivity contribution in [1.29, 1.82) is 0 Å². The summed E-state index contributed by atoms with van der Waals surface area (Å²) < 4.78 is 38.7. The van der Waals surface area contributed by atoms with Crippen molar-refractivity contribution in [3.05, 3.63) is 30.1 Å². The molecule has 1 atom stereocenters. The lowest BCUT2D eigenvalue weighted by Gasteiger charge is -2.11. The van der Waals surface area contributed by atoms with Crippen molar-refractivity contribution in [2.45, 2.75) is 11.8 Å². The molecule has 7 heteroatoms. The predicted molar refractivity (Wildman–Crippen MR) is 67.5 cm³/mol. The Bertz CT molecular complexity index is 517. The van der Waals surface area contributed by atoms with Crippen molar-refractivity contribution in [3.8, 4) is 0 Å². The van der Waals surface area contributed by atoms with Crippen LogP contribution in [0.2, 0.25) is 0 Å². The van der Waals surface area contributed by atoms with Gasteiger partial charge in [-0.2, -0.15) is 0 Å². The number of nitrogens with two attached hydrogens (primary N) is 1. The van der Waals surface area contributed by atoms with E-state index in [2.05, 4.69) is 4.72 Å². The molecule has 0 aromatic heterocycles. The van der Waals surface area contributed by atoms with Crippen LogP contribution in [0.4, 0.5) is 4.39 Å². The summed E-state index contributed by atoms with van der Waals surface area (Å²) in [5.41, 5.74) is 5.36. The lowest BCUT2D eigenvalue weighted by Crippen LogP contribution is -2.33. The zero-order valence-corrected chi connectivity index (χ0v) is 10.8. The zero-order chi connectivity index (χ0) is 13.1. The number of nitrogens with one attached hydrogen (secondary N) is 1. The topological polar surface area (TPSA) is 72.2 Å². The Hall–Kier alpha value is -1.05. The zero-order valence-electron chi connectivity index (χ0n) is 9.18. The third kappa shape index (κ3) is 4.03. The van der Waals surface area contributed by atoms with Gasteiger partial charge in [0, 0.05) is 12.5 Å². The molecule has 0 saturated carbocycles. The van der Waals surface area contributed by atoms with E-state index >= 15 is 0 Å². The van der Waals surface area contributed by atoms with Crippen molar-refractivity contribution < 1.29 is 12.8 Å². The van der Waals surface area contributed by atoms with E-state index in [-0.39, 0.29) is 22.3 Å². The number of hydrogen-bond donors (Lipinski definition) is 2. The molecule has 17 heavy (non-hydrogen) atoms. The van der Waals surface area contributed by atoms with Gasteiger partial charge < -0.3 is 5.73 Å². The second kappa shape index (κ2) is 5.52. The van der Waals surface area contributed by atoms with Crippen molar-refractivity contribution in [3.63, 3.8) is 0 Å². The summed E-state index contributed by atoms with van der Waals surface area (Å²) in [7, 11) is -3.72. The average Bonchev–Trinajstić information content (AvgIpc) is 2.26. The highest BCUT2D eigenvalue weighted by Crippen LogP contribution is 2.10. The molecule has 0 aliphatic heterocycles. The van der Waals surface area contributed by atoms with E-state index in [9.17, 15) is 12.8 Å². The molecule has 0 amide bonds. The normalized spacial score (nSPS) is 13.3. The van der Waals surface area contributed by atoms with E-state index in [0.29, 0.717) is 0 Å². The summed E-state index contributed by atoms with van der Waals surface area (Å²) in [4.78, 5) is 0.111. The maximum atomic E-state index is 12.9. The first kappa shape index (κ1) is 14.0. The minimum atomic E-state index is -3.72. The molecule has 0 fully saturated rings. The first-order valence-corrected chi connectivity index (χ1v) is 6.76. The Morgan fingerprint density at radius 3 is 2.76 bits per heavy atom. The van der Waals surface area contributed by atoms with E-state index in [0.717, 1.165) is 6.07 Å². The third-order valence-corrected chi connectivity index (χ3v) is 4.00. The second-order valence-electron chi connectivity index (χ2n) is 3.61. The number of benzene rings is 1. The molecular weight excluding hydrogens is 263 g/mol. The summed E-state index contributed by atoms with van der Waals surface area (Å²) in [6, 6.07) is 4.78. The molecule has 0 bridgehead atoms. The highest BCUT2D eigenvalue weighted by atomic mass is 32.2. The monoisotopic (exact) mass is 276 g/mol. The number of thiocarbonyl (C=S) groups is 1. The van der Waals surface area contributed by atoms with Crippen molar-refractivity contribution in [1.82, 2.24) is 4.72 Å². The van der Waals surface area contributed by atoms with Gasteiger partial charge in [-0.05, 0) is 18.2 Å². The first-order valence-electron chi connectivity index (χ1n) is 4.87. The fourth-order valence-corrected chi connectivity index (χ4v) is 2.30. The lowest BCUT2D eigenvalue weighted by molar-refractivity contribution is 0.571. The van der Waals surface area contributed by atoms with Crippen LogP contribution in [0.5, 0.6) is 0 Å². The van der Waals surface area contributed by atoms with Gasteiger partial charge in [-0.15, -0.1) is 0 Å². The number of halogens is 1. The van der Waals surface area contributed by atoms with Crippen molar-refractivity contribution >= 4 is 27.2 Å². The second-order valence-corrected chi connectivity index (χ2v) is 5.85. The molecule has 3 N–H and O–H groups in total. The molecule has 94 valence electrons. The molecule has 1 rings (SSSR count). The van der Waals surface area contributed by atoms with E-state index in [1.54, 1.807) is 6.92 Å². The molecule has 0 spiro atoms. The van der Waals surface area contributed by atoms with Gasteiger partial charge in [0.1, 0.15) is 5.82 Å². The summed E-state index contributed by atoms with van der Waals surface area (Å²) in [5.74, 6) is -0.858. The third-order valence-electron chi connectivity index (χ3n) is 2.17. The van der Waals surface area contributed by atoms with Crippen LogP contribution >= 0.6 is 12.2 Å². The maximum absolute atomic E-state index is 12.9. The van der Waals surface area contributed by atoms with Gasteiger partial charge in [0.05, 0.1) is 9.88 Å². The fourth-order valence-electron chi connectivity index (χ4n) is 1.05. The number of sulfonamides is 1. The standard InChI is InChI=1S/C10H13FN2O2S2/c1-7(10(12)16)6-13-17(14,15)9-4-2-3-8(11)5-9/h2-5,7,13H,6H2,1H3,(H2,12,16). The largest absolute Gasteiger partial charge is 0.393 e. The predicted octanol–water partition coefficient (Wildman–Crippen LogP) is 1.03. The Labute approximate surface area is 105 Å². The van der Waals surface area contributed by atoms with Gasteiger partial charge in [-0.1, -0.05) is 25.2 Å². The highest BCUT2D eigenvalue weighted by molar-refractivity contribution is 7.89. The molecule has 0 heterocycles. The van der Waals surface area contributed by atoms with E-state index in [1.165, 1.54) is 18.2 Å². The van der Waals surface area contributed by atoms with Crippen LogP contribution in [0, 0.1) is 11.7 Å².